The van der Waals surface area contributed by atoms with Crippen molar-refractivity contribution in [3.63, 3.8) is 0 Å². The second kappa shape index (κ2) is 10.3. The molecule has 2 atom stereocenters. The minimum atomic E-state index is -0.465. The Balaban J connectivity index is 1.44. The zero-order chi connectivity index (χ0) is 25.1. The van der Waals surface area contributed by atoms with Crippen LogP contribution in [0.15, 0.2) is 91.3 Å². The number of hydrogen-bond donors (Lipinski definition) is 2. The number of anilines is 1. The van der Waals surface area contributed by atoms with Crippen molar-refractivity contribution in [3.05, 3.63) is 114 Å². The predicted octanol–water partition coefficient (Wildman–Crippen LogP) is 5.32. The van der Waals surface area contributed by atoms with Gasteiger partial charge in [-0.2, -0.15) is 0 Å². The topological polar surface area (TPSA) is 62.2 Å². The molecule has 0 bridgehead atoms. The van der Waals surface area contributed by atoms with Gasteiger partial charge in [0.05, 0.1) is 23.5 Å². The maximum atomic E-state index is 14.0. The van der Waals surface area contributed by atoms with E-state index in [-0.39, 0.29) is 30.1 Å². The van der Waals surface area contributed by atoms with Crippen LogP contribution in [0.5, 0.6) is 0 Å². The molecule has 36 heavy (non-hydrogen) atoms. The van der Waals surface area contributed by atoms with Gasteiger partial charge in [0.2, 0.25) is 5.91 Å². The molecule has 8 heteroatoms. The molecule has 5 rings (SSSR count). The average Bonchev–Trinajstić information content (AvgIpc) is 3.49. The van der Waals surface area contributed by atoms with Crippen LogP contribution in [0.25, 0.3) is 5.69 Å². The summed E-state index contributed by atoms with van der Waals surface area (Å²) in [5.74, 6) is -0.745. The van der Waals surface area contributed by atoms with Crippen LogP contribution in [0.3, 0.4) is 0 Å². The molecule has 0 radical (unpaired) electrons. The van der Waals surface area contributed by atoms with Crippen LogP contribution in [0.2, 0.25) is 0 Å². The Bertz CT molecular complexity index is 1370. The number of halogens is 1. The number of para-hydroxylation sites is 1. The van der Waals surface area contributed by atoms with Gasteiger partial charge in [0.15, 0.2) is 5.11 Å². The summed E-state index contributed by atoms with van der Waals surface area (Å²) < 4.78 is 16.1. The van der Waals surface area contributed by atoms with Crippen LogP contribution >= 0.6 is 12.2 Å². The molecule has 0 saturated carbocycles. The van der Waals surface area contributed by atoms with Gasteiger partial charge in [-0.15, -0.1) is 0 Å². The quantitative estimate of drug-likeness (QED) is 0.337. The molecule has 1 amide bonds. The number of aromatic nitrogens is 2. The molecule has 0 aliphatic carbocycles. The summed E-state index contributed by atoms with van der Waals surface area (Å²) in [6.45, 7) is 2.42. The van der Waals surface area contributed by atoms with Crippen LogP contribution in [-0.2, 0) is 4.79 Å². The van der Waals surface area contributed by atoms with Gasteiger partial charge in [-0.25, -0.2) is 4.39 Å². The second-order valence-corrected chi connectivity index (χ2v) is 9.12. The first-order valence-electron chi connectivity index (χ1n) is 11.8. The van der Waals surface area contributed by atoms with Gasteiger partial charge < -0.3 is 20.1 Å². The number of amides is 1. The maximum absolute atomic E-state index is 14.0. The Kier molecular flexibility index (Phi) is 6.77. The molecular weight excluding hydrogens is 473 g/mol. The third-order valence-electron chi connectivity index (χ3n) is 6.32. The Morgan fingerprint density at radius 1 is 1.06 bits per heavy atom. The van der Waals surface area contributed by atoms with Crippen molar-refractivity contribution in [3.8, 4) is 5.69 Å². The molecule has 6 nitrogen and oxygen atoms in total. The molecule has 2 N–H and O–H groups in total. The summed E-state index contributed by atoms with van der Waals surface area (Å²) in [5, 5.41) is 6.63. The van der Waals surface area contributed by atoms with Crippen LogP contribution in [0.1, 0.15) is 35.5 Å². The van der Waals surface area contributed by atoms with Crippen molar-refractivity contribution < 1.29 is 9.18 Å². The average molecular weight is 500 g/mol. The number of rotatable bonds is 7. The van der Waals surface area contributed by atoms with E-state index in [1.165, 1.54) is 11.6 Å². The van der Waals surface area contributed by atoms with Crippen molar-refractivity contribution in [2.24, 2.45) is 0 Å². The highest BCUT2D eigenvalue weighted by atomic mass is 32.1. The lowest BCUT2D eigenvalue weighted by molar-refractivity contribution is -0.116. The Labute approximate surface area is 214 Å². The minimum absolute atomic E-state index is 0.146. The second-order valence-electron chi connectivity index (χ2n) is 8.74. The predicted molar refractivity (Wildman–Crippen MR) is 142 cm³/mol. The van der Waals surface area contributed by atoms with Gasteiger partial charge in [0, 0.05) is 36.7 Å². The molecule has 0 unspecified atom stereocenters. The van der Waals surface area contributed by atoms with E-state index < -0.39 is 5.82 Å². The molecule has 1 saturated heterocycles. The van der Waals surface area contributed by atoms with Crippen molar-refractivity contribution >= 4 is 28.9 Å². The normalized spacial score (nSPS) is 17.2. The van der Waals surface area contributed by atoms with Gasteiger partial charge in [0.25, 0.3) is 0 Å². The van der Waals surface area contributed by atoms with Gasteiger partial charge in [-0.05, 0) is 67.7 Å². The molecule has 1 aliphatic rings. The van der Waals surface area contributed by atoms with E-state index in [1.807, 2.05) is 35.4 Å². The van der Waals surface area contributed by atoms with E-state index in [1.54, 1.807) is 24.4 Å². The first-order valence-corrected chi connectivity index (χ1v) is 12.2. The molecule has 2 aromatic heterocycles. The SMILES string of the molecule is Cc1ccc(-n2cccc2[C@@H]2[C@@H](c3ccccn3)NC(=S)N2CCC(=O)Nc2ccccc2F)cc1. The lowest BCUT2D eigenvalue weighted by atomic mass is 10.0. The van der Waals surface area contributed by atoms with E-state index in [4.69, 9.17) is 12.2 Å². The zero-order valence-electron chi connectivity index (χ0n) is 19.8. The fourth-order valence-corrected chi connectivity index (χ4v) is 4.87. The number of aryl methyl sites for hydroxylation is 1. The summed E-state index contributed by atoms with van der Waals surface area (Å²) in [6.07, 6.45) is 3.94. The van der Waals surface area contributed by atoms with Gasteiger partial charge >= 0.3 is 0 Å². The molecule has 182 valence electrons. The molecule has 2 aromatic carbocycles. The first-order chi connectivity index (χ1) is 17.5. The van der Waals surface area contributed by atoms with Crippen molar-refractivity contribution in [2.75, 3.05) is 11.9 Å². The number of thiocarbonyl (C=S) groups is 1. The van der Waals surface area contributed by atoms with Gasteiger partial charge in [0.1, 0.15) is 5.82 Å². The number of carbonyl (C=O) groups excluding carboxylic acids is 1. The number of pyridine rings is 1. The smallest absolute Gasteiger partial charge is 0.226 e. The lowest BCUT2D eigenvalue weighted by Crippen LogP contribution is -2.33. The summed E-state index contributed by atoms with van der Waals surface area (Å²) in [7, 11) is 0. The number of nitrogens with one attached hydrogen (secondary N) is 2. The van der Waals surface area contributed by atoms with E-state index in [0.29, 0.717) is 11.7 Å². The Morgan fingerprint density at radius 3 is 2.58 bits per heavy atom. The minimum Gasteiger partial charge on any atom is -0.352 e. The Hall–Kier alpha value is -4.04. The monoisotopic (exact) mass is 499 g/mol. The standard InChI is InChI=1S/C28H26FN5OS/c1-19-11-13-20(14-12-19)33-17-6-10-24(33)27-26(23-9-4-5-16-30-23)32-28(36)34(27)18-15-25(35)31-22-8-3-2-7-21(22)29/h2-14,16-17,26-27H,15,18H2,1H3,(H,31,35)(H,32,36)/t26-,27-/m1/s1. The van der Waals surface area contributed by atoms with Crippen LogP contribution in [0, 0.1) is 12.7 Å². The Morgan fingerprint density at radius 2 is 1.83 bits per heavy atom. The third-order valence-corrected chi connectivity index (χ3v) is 6.67. The lowest BCUT2D eigenvalue weighted by Gasteiger charge is -2.29. The summed E-state index contributed by atoms with van der Waals surface area (Å²) >= 11 is 5.73. The first kappa shape index (κ1) is 23.7. The number of carbonyl (C=O) groups is 1. The van der Waals surface area contributed by atoms with Crippen molar-refractivity contribution in [1.82, 2.24) is 19.8 Å². The number of benzene rings is 2. The number of hydrogen-bond acceptors (Lipinski definition) is 3. The third kappa shape index (κ3) is 4.85. The molecule has 3 heterocycles. The van der Waals surface area contributed by atoms with Crippen LogP contribution < -0.4 is 10.6 Å². The van der Waals surface area contributed by atoms with Crippen molar-refractivity contribution in [2.45, 2.75) is 25.4 Å². The highest BCUT2D eigenvalue weighted by molar-refractivity contribution is 7.80. The van der Waals surface area contributed by atoms with Gasteiger partial charge in [-0.3, -0.25) is 9.78 Å². The van der Waals surface area contributed by atoms with E-state index >= 15 is 0 Å². The summed E-state index contributed by atoms with van der Waals surface area (Å²) in [5.41, 5.74) is 4.28. The molecular formula is C28H26FN5OS. The fraction of sp³-hybridized carbons (Fsp3) is 0.179. The van der Waals surface area contributed by atoms with Crippen molar-refractivity contribution in [1.29, 1.82) is 0 Å². The summed E-state index contributed by atoms with van der Waals surface area (Å²) in [6, 6.07) is 24.0. The highest BCUT2D eigenvalue weighted by Crippen LogP contribution is 2.39. The van der Waals surface area contributed by atoms with E-state index in [2.05, 4.69) is 57.4 Å². The number of nitrogens with zero attached hydrogens (tertiary/aromatic N) is 3. The van der Waals surface area contributed by atoms with Gasteiger partial charge in [-0.1, -0.05) is 35.9 Å². The highest BCUT2D eigenvalue weighted by Gasteiger charge is 2.41. The fourth-order valence-electron chi connectivity index (χ4n) is 4.54. The van der Waals surface area contributed by atoms with E-state index in [0.717, 1.165) is 17.1 Å². The van der Waals surface area contributed by atoms with Crippen LogP contribution in [0.4, 0.5) is 10.1 Å². The maximum Gasteiger partial charge on any atom is 0.226 e. The molecule has 1 fully saturated rings. The molecule has 4 aromatic rings. The molecule has 0 spiro atoms. The van der Waals surface area contributed by atoms with E-state index in [9.17, 15) is 9.18 Å². The zero-order valence-corrected chi connectivity index (χ0v) is 20.6. The molecule has 1 aliphatic heterocycles. The summed E-state index contributed by atoms with van der Waals surface area (Å²) in [4.78, 5) is 19.3. The van der Waals surface area contributed by atoms with Crippen LogP contribution in [-0.4, -0.2) is 32.0 Å². The largest absolute Gasteiger partial charge is 0.352 e.